The lowest BCUT2D eigenvalue weighted by molar-refractivity contribution is 0.00904. The highest BCUT2D eigenvalue weighted by Crippen LogP contribution is 2.36. The van der Waals surface area contributed by atoms with Crippen molar-refractivity contribution in [3.05, 3.63) is 48.9 Å². The molecule has 0 saturated heterocycles. The van der Waals surface area contributed by atoms with Crippen LogP contribution in [0.1, 0.15) is 20.8 Å². The predicted octanol–water partition coefficient (Wildman–Crippen LogP) is 5.12. The second kappa shape index (κ2) is 7.95. The van der Waals surface area contributed by atoms with Gasteiger partial charge in [0.1, 0.15) is 23.5 Å². The Morgan fingerprint density at radius 2 is 1.83 bits per heavy atom. The molecule has 2 aromatic carbocycles. The summed E-state index contributed by atoms with van der Waals surface area (Å²) >= 11 is 0. The van der Waals surface area contributed by atoms with Gasteiger partial charge >= 0.3 is 0 Å². The van der Waals surface area contributed by atoms with Crippen LogP contribution in [0.5, 0.6) is 5.75 Å². The third kappa shape index (κ3) is 3.71. The number of methoxy groups -OCH3 is 1. The largest absolute Gasteiger partial charge is 0.494 e. The predicted molar refractivity (Wildman–Crippen MR) is 122 cm³/mol. The van der Waals surface area contributed by atoms with Crippen LogP contribution in [0.15, 0.2) is 48.9 Å². The Kier molecular flexibility index (Phi) is 5.35. The van der Waals surface area contributed by atoms with Crippen molar-refractivity contribution in [2.45, 2.75) is 32.9 Å². The topological polar surface area (TPSA) is 61.2 Å². The molecule has 4 rings (SSSR count). The van der Waals surface area contributed by atoms with Gasteiger partial charge in [-0.1, -0.05) is 18.2 Å². The van der Waals surface area contributed by atoms with Gasteiger partial charge in [0.05, 0.1) is 24.1 Å². The molecule has 0 aliphatic heterocycles. The SMILES string of the molecule is CCOc1ccc2cc(-c3cn(CC(C)(C)OC)c4ncnc(NC)c34)ccc2c1. The molecule has 0 aliphatic carbocycles. The van der Waals surface area contributed by atoms with Crippen LogP contribution in [-0.2, 0) is 11.3 Å². The van der Waals surface area contributed by atoms with Crippen molar-refractivity contribution in [1.29, 1.82) is 0 Å². The number of rotatable bonds is 7. The first kappa shape index (κ1) is 20.2. The summed E-state index contributed by atoms with van der Waals surface area (Å²) in [5, 5.41) is 6.54. The Bertz CT molecular complexity index is 1200. The van der Waals surface area contributed by atoms with Crippen molar-refractivity contribution in [3.8, 4) is 16.9 Å². The normalized spacial score (nSPS) is 11.9. The Morgan fingerprint density at radius 1 is 1.07 bits per heavy atom. The van der Waals surface area contributed by atoms with E-state index in [2.05, 4.69) is 70.2 Å². The van der Waals surface area contributed by atoms with E-state index >= 15 is 0 Å². The number of aromatic nitrogens is 3. The molecule has 0 saturated carbocycles. The van der Waals surface area contributed by atoms with Crippen LogP contribution in [0.25, 0.3) is 32.9 Å². The zero-order valence-electron chi connectivity index (χ0n) is 18.2. The van der Waals surface area contributed by atoms with E-state index < -0.39 is 0 Å². The minimum absolute atomic E-state index is 0.312. The lowest BCUT2D eigenvalue weighted by atomic mass is 10.0. The van der Waals surface area contributed by atoms with Gasteiger partial charge in [0.15, 0.2) is 0 Å². The summed E-state index contributed by atoms with van der Waals surface area (Å²) < 4.78 is 13.4. The molecule has 0 aliphatic rings. The molecule has 2 aromatic heterocycles. The van der Waals surface area contributed by atoms with Gasteiger partial charge in [-0.15, -0.1) is 0 Å². The average molecular weight is 405 g/mol. The van der Waals surface area contributed by atoms with Crippen LogP contribution in [0.3, 0.4) is 0 Å². The number of anilines is 1. The molecule has 0 atom stereocenters. The molecule has 2 heterocycles. The number of fused-ring (bicyclic) bond motifs is 2. The van der Waals surface area contributed by atoms with Gasteiger partial charge in [-0.05, 0) is 55.3 Å². The summed E-state index contributed by atoms with van der Waals surface area (Å²) in [5.74, 6) is 1.71. The molecule has 0 amide bonds. The molecular formula is C24H28N4O2. The van der Waals surface area contributed by atoms with Gasteiger partial charge in [-0.3, -0.25) is 0 Å². The first-order chi connectivity index (χ1) is 14.5. The maximum Gasteiger partial charge on any atom is 0.146 e. The highest BCUT2D eigenvalue weighted by molar-refractivity contribution is 6.03. The molecule has 156 valence electrons. The van der Waals surface area contributed by atoms with E-state index in [1.54, 1.807) is 13.4 Å². The smallest absolute Gasteiger partial charge is 0.146 e. The molecule has 0 radical (unpaired) electrons. The second-order valence-electron chi connectivity index (χ2n) is 7.96. The van der Waals surface area contributed by atoms with Crippen molar-refractivity contribution >= 4 is 27.6 Å². The van der Waals surface area contributed by atoms with Crippen molar-refractivity contribution in [3.63, 3.8) is 0 Å². The van der Waals surface area contributed by atoms with E-state index in [0.29, 0.717) is 13.2 Å². The van der Waals surface area contributed by atoms with E-state index in [1.165, 1.54) is 0 Å². The summed E-state index contributed by atoms with van der Waals surface area (Å²) in [5.41, 5.74) is 2.79. The Morgan fingerprint density at radius 3 is 2.57 bits per heavy atom. The Balaban J connectivity index is 1.88. The lowest BCUT2D eigenvalue weighted by Crippen LogP contribution is -2.28. The number of benzene rings is 2. The summed E-state index contributed by atoms with van der Waals surface area (Å²) in [6.07, 6.45) is 3.75. The van der Waals surface area contributed by atoms with Gasteiger partial charge in [0, 0.05) is 25.9 Å². The molecule has 6 heteroatoms. The van der Waals surface area contributed by atoms with Gasteiger partial charge in [-0.2, -0.15) is 0 Å². The molecule has 0 spiro atoms. The fourth-order valence-corrected chi connectivity index (χ4v) is 3.78. The number of hydrogen-bond acceptors (Lipinski definition) is 5. The molecule has 0 unspecified atom stereocenters. The molecular weight excluding hydrogens is 376 g/mol. The first-order valence-corrected chi connectivity index (χ1v) is 10.2. The van der Waals surface area contributed by atoms with Gasteiger partial charge in [0.2, 0.25) is 0 Å². The zero-order chi connectivity index (χ0) is 21.3. The van der Waals surface area contributed by atoms with Crippen LogP contribution in [0.2, 0.25) is 0 Å². The Labute approximate surface area is 176 Å². The summed E-state index contributed by atoms with van der Waals surface area (Å²) in [6, 6.07) is 12.7. The van der Waals surface area contributed by atoms with Crippen LogP contribution < -0.4 is 10.1 Å². The maximum atomic E-state index is 5.66. The third-order valence-electron chi connectivity index (χ3n) is 5.43. The monoisotopic (exact) mass is 404 g/mol. The van der Waals surface area contributed by atoms with E-state index in [9.17, 15) is 0 Å². The van der Waals surface area contributed by atoms with Crippen LogP contribution in [0, 0.1) is 0 Å². The van der Waals surface area contributed by atoms with E-state index in [-0.39, 0.29) is 5.60 Å². The zero-order valence-corrected chi connectivity index (χ0v) is 18.2. The number of nitrogens with one attached hydrogen (secondary N) is 1. The van der Waals surface area contributed by atoms with Crippen molar-refractivity contribution in [1.82, 2.24) is 14.5 Å². The third-order valence-corrected chi connectivity index (χ3v) is 5.43. The Hall–Kier alpha value is -3.12. The van der Waals surface area contributed by atoms with Crippen LogP contribution >= 0.6 is 0 Å². The molecule has 6 nitrogen and oxygen atoms in total. The minimum atomic E-state index is -0.312. The maximum absolute atomic E-state index is 5.66. The van der Waals surface area contributed by atoms with Crippen molar-refractivity contribution in [2.75, 3.05) is 26.1 Å². The second-order valence-corrected chi connectivity index (χ2v) is 7.96. The van der Waals surface area contributed by atoms with Gasteiger partial charge in [-0.25, -0.2) is 9.97 Å². The van der Waals surface area contributed by atoms with E-state index in [1.807, 2.05) is 20.0 Å². The minimum Gasteiger partial charge on any atom is -0.494 e. The van der Waals surface area contributed by atoms with Crippen molar-refractivity contribution in [2.24, 2.45) is 0 Å². The van der Waals surface area contributed by atoms with Gasteiger partial charge in [0.25, 0.3) is 0 Å². The quantitative estimate of drug-likeness (QED) is 0.463. The number of nitrogens with zero attached hydrogens (tertiary/aromatic N) is 3. The van der Waals surface area contributed by atoms with Crippen LogP contribution in [-0.4, -0.2) is 40.9 Å². The fraction of sp³-hybridized carbons (Fsp3) is 0.333. The molecule has 0 bridgehead atoms. The molecule has 0 fully saturated rings. The number of ether oxygens (including phenoxy) is 2. The van der Waals surface area contributed by atoms with E-state index in [4.69, 9.17) is 9.47 Å². The summed E-state index contributed by atoms with van der Waals surface area (Å²) in [4.78, 5) is 9.04. The fourth-order valence-electron chi connectivity index (χ4n) is 3.78. The van der Waals surface area contributed by atoms with Crippen molar-refractivity contribution < 1.29 is 9.47 Å². The highest BCUT2D eigenvalue weighted by atomic mass is 16.5. The molecule has 4 aromatic rings. The first-order valence-electron chi connectivity index (χ1n) is 10.2. The lowest BCUT2D eigenvalue weighted by Gasteiger charge is -2.23. The van der Waals surface area contributed by atoms with Gasteiger partial charge < -0.3 is 19.4 Å². The molecule has 1 N–H and O–H groups in total. The summed E-state index contributed by atoms with van der Waals surface area (Å²) in [6.45, 7) is 7.49. The average Bonchev–Trinajstić information content (AvgIpc) is 3.11. The van der Waals surface area contributed by atoms with Crippen LogP contribution in [0.4, 0.5) is 5.82 Å². The standard InChI is InChI=1S/C24H28N4O2/c1-6-30-19-10-9-16-11-18(8-7-17(16)12-19)20-13-28(14-24(2,3)29-5)23-21(20)22(25-4)26-15-27-23/h7-13,15H,6,14H2,1-5H3,(H,25,26,27). The molecule has 30 heavy (non-hydrogen) atoms. The number of hydrogen-bond donors (Lipinski definition) is 1. The highest BCUT2D eigenvalue weighted by Gasteiger charge is 2.22. The van der Waals surface area contributed by atoms with E-state index in [0.717, 1.165) is 44.5 Å². The summed E-state index contributed by atoms with van der Waals surface area (Å²) in [7, 11) is 3.62.